The number of nitrogens with zero attached hydrogens (tertiary/aromatic N) is 2. The van der Waals surface area contributed by atoms with E-state index in [9.17, 15) is 9.90 Å². The van der Waals surface area contributed by atoms with Crippen molar-refractivity contribution >= 4 is 16.9 Å². The highest BCUT2D eigenvalue weighted by molar-refractivity contribution is 5.96. The van der Waals surface area contributed by atoms with Gasteiger partial charge in [0.05, 0.1) is 16.8 Å². The van der Waals surface area contributed by atoms with Crippen LogP contribution in [0.2, 0.25) is 0 Å². The van der Waals surface area contributed by atoms with Gasteiger partial charge in [0, 0.05) is 36.3 Å². The molecule has 4 heteroatoms. The molecule has 0 saturated heterocycles. The van der Waals surface area contributed by atoms with Crippen molar-refractivity contribution in [1.82, 2.24) is 9.55 Å². The van der Waals surface area contributed by atoms with Crippen LogP contribution in [0.3, 0.4) is 0 Å². The molecule has 162 valence electrons. The Morgan fingerprint density at radius 2 is 1.91 bits per heavy atom. The Balaban J connectivity index is 1.61. The van der Waals surface area contributed by atoms with Crippen LogP contribution in [0.25, 0.3) is 22.0 Å². The van der Waals surface area contributed by atoms with Crippen LogP contribution >= 0.6 is 0 Å². The first kappa shape index (κ1) is 20.5. The summed E-state index contributed by atoms with van der Waals surface area (Å²) in [5.41, 5.74) is 6.65. The number of aromatic carboxylic acids is 1. The Morgan fingerprint density at radius 3 is 2.59 bits per heavy atom. The monoisotopic (exact) mass is 424 g/mol. The maximum atomic E-state index is 12.0. The first-order valence-electron chi connectivity index (χ1n) is 11.4. The standard InChI is InChI=1S/C28H28N2O2/c1-18(2)17-30-11-10-22-12-19(13-24(27(22)30)21-6-4-3-5-7-21)14-26-25(28(31)32)15-23(16-29-26)20-8-9-20/h3-7,10-13,15-16,18,20H,8-9,14,17H2,1-2H3,(H,31,32). The number of fused-ring (bicyclic) bond motifs is 1. The summed E-state index contributed by atoms with van der Waals surface area (Å²) < 4.78 is 2.33. The molecule has 4 nitrogen and oxygen atoms in total. The number of hydrogen-bond donors (Lipinski definition) is 1. The van der Waals surface area contributed by atoms with Gasteiger partial charge < -0.3 is 9.67 Å². The van der Waals surface area contributed by atoms with Crippen molar-refractivity contribution in [3.05, 3.63) is 89.4 Å². The maximum absolute atomic E-state index is 12.0. The van der Waals surface area contributed by atoms with Crippen molar-refractivity contribution in [3.63, 3.8) is 0 Å². The first-order valence-corrected chi connectivity index (χ1v) is 11.4. The van der Waals surface area contributed by atoms with Gasteiger partial charge >= 0.3 is 5.97 Å². The molecule has 5 rings (SSSR count). The van der Waals surface area contributed by atoms with Gasteiger partial charge in [-0.25, -0.2) is 4.79 Å². The molecule has 0 atom stereocenters. The van der Waals surface area contributed by atoms with Gasteiger partial charge in [0.15, 0.2) is 0 Å². The highest BCUT2D eigenvalue weighted by Crippen LogP contribution is 2.40. The van der Waals surface area contributed by atoms with Crippen LogP contribution in [0.4, 0.5) is 0 Å². The predicted octanol–water partition coefficient (Wildman–Crippen LogP) is 6.53. The van der Waals surface area contributed by atoms with Crippen molar-refractivity contribution in [2.24, 2.45) is 5.92 Å². The van der Waals surface area contributed by atoms with Crippen molar-refractivity contribution in [3.8, 4) is 11.1 Å². The van der Waals surface area contributed by atoms with E-state index >= 15 is 0 Å². The van der Waals surface area contributed by atoms with Gasteiger partial charge in [-0.15, -0.1) is 0 Å². The molecule has 0 bridgehead atoms. The second-order valence-corrected chi connectivity index (χ2v) is 9.33. The summed E-state index contributed by atoms with van der Waals surface area (Å²) in [4.78, 5) is 16.6. The van der Waals surface area contributed by atoms with Crippen LogP contribution in [0.15, 0.2) is 67.0 Å². The van der Waals surface area contributed by atoms with Gasteiger partial charge in [0.1, 0.15) is 0 Å². The lowest BCUT2D eigenvalue weighted by Crippen LogP contribution is -2.07. The van der Waals surface area contributed by atoms with E-state index in [-0.39, 0.29) is 0 Å². The fourth-order valence-electron chi connectivity index (χ4n) is 4.57. The Labute approximate surface area is 188 Å². The predicted molar refractivity (Wildman–Crippen MR) is 128 cm³/mol. The smallest absolute Gasteiger partial charge is 0.337 e. The van der Waals surface area contributed by atoms with Gasteiger partial charge in [-0.2, -0.15) is 0 Å². The minimum Gasteiger partial charge on any atom is -0.478 e. The number of benzene rings is 2. The largest absolute Gasteiger partial charge is 0.478 e. The molecule has 4 aromatic rings. The fraction of sp³-hybridized carbons (Fsp3) is 0.286. The summed E-state index contributed by atoms with van der Waals surface area (Å²) in [7, 11) is 0. The van der Waals surface area contributed by atoms with E-state index in [1.54, 1.807) is 0 Å². The molecule has 0 amide bonds. The molecule has 1 fully saturated rings. The summed E-state index contributed by atoms with van der Waals surface area (Å²) in [6.07, 6.45) is 6.79. The summed E-state index contributed by atoms with van der Waals surface area (Å²) in [5.74, 6) is 0.125. The molecule has 32 heavy (non-hydrogen) atoms. The lowest BCUT2D eigenvalue weighted by atomic mass is 9.96. The quantitative estimate of drug-likeness (QED) is 0.367. The SMILES string of the molecule is CC(C)Cn1ccc2cc(Cc3ncc(C4CC4)cc3C(=O)O)cc(-c3ccccc3)c21. The molecular weight excluding hydrogens is 396 g/mol. The topological polar surface area (TPSA) is 55.1 Å². The Hall–Kier alpha value is -3.40. The van der Waals surface area contributed by atoms with Gasteiger partial charge in [-0.05, 0) is 65.6 Å². The molecule has 0 radical (unpaired) electrons. The Kier molecular flexibility index (Phi) is 5.30. The van der Waals surface area contributed by atoms with Crippen LogP contribution in [-0.2, 0) is 13.0 Å². The van der Waals surface area contributed by atoms with E-state index in [2.05, 4.69) is 72.1 Å². The van der Waals surface area contributed by atoms with Gasteiger partial charge in [-0.1, -0.05) is 44.2 Å². The summed E-state index contributed by atoms with van der Waals surface area (Å²) in [6, 6.07) is 18.8. The lowest BCUT2D eigenvalue weighted by molar-refractivity contribution is 0.0695. The van der Waals surface area contributed by atoms with Gasteiger partial charge in [0.25, 0.3) is 0 Å². The molecule has 2 heterocycles. The van der Waals surface area contributed by atoms with E-state index in [0.717, 1.165) is 30.5 Å². The Bertz CT molecular complexity index is 1280. The zero-order valence-corrected chi connectivity index (χ0v) is 18.6. The van der Waals surface area contributed by atoms with E-state index in [4.69, 9.17) is 0 Å². The first-order chi connectivity index (χ1) is 15.5. The zero-order chi connectivity index (χ0) is 22.2. The lowest BCUT2D eigenvalue weighted by Gasteiger charge is -2.15. The minimum atomic E-state index is -0.901. The van der Waals surface area contributed by atoms with Crippen LogP contribution in [0, 0.1) is 5.92 Å². The zero-order valence-electron chi connectivity index (χ0n) is 18.6. The van der Waals surface area contributed by atoms with Crippen LogP contribution in [-0.4, -0.2) is 20.6 Å². The number of pyridine rings is 1. The third kappa shape index (κ3) is 4.05. The third-order valence-electron chi connectivity index (χ3n) is 6.21. The van der Waals surface area contributed by atoms with E-state index < -0.39 is 5.97 Å². The average molecular weight is 425 g/mol. The number of carbonyl (C=O) groups is 1. The number of carboxylic acids is 1. The van der Waals surface area contributed by atoms with Gasteiger partial charge in [0.2, 0.25) is 0 Å². The highest BCUT2D eigenvalue weighted by Gasteiger charge is 2.26. The van der Waals surface area contributed by atoms with Crippen molar-refractivity contribution < 1.29 is 9.90 Å². The van der Waals surface area contributed by atoms with Gasteiger partial charge in [-0.3, -0.25) is 4.98 Å². The van der Waals surface area contributed by atoms with E-state index in [1.165, 1.54) is 22.0 Å². The molecule has 2 aromatic carbocycles. The molecule has 0 unspecified atom stereocenters. The maximum Gasteiger partial charge on any atom is 0.337 e. The normalized spacial score (nSPS) is 13.7. The minimum absolute atomic E-state index is 0.327. The third-order valence-corrected chi connectivity index (χ3v) is 6.21. The molecule has 1 aliphatic rings. The average Bonchev–Trinajstić information content (AvgIpc) is 3.56. The van der Waals surface area contributed by atoms with E-state index in [0.29, 0.717) is 29.5 Å². The van der Waals surface area contributed by atoms with E-state index in [1.807, 2.05) is 18.3 Å². The molecule has 0 aliphatic heterocycles. The summed E-state index contributed by atoms with van der Waals surface area (Å²) >= 11 is 0. The van der Waals surface area contributed by atoms with Crippen LogP contribution in [0.5, 0.6) is 0 Å². The van der Waals surface area contributed by atoms with Crippen LogP contribution in [0.1, 0.15) is 59.8 Å². The number of rotatable bonds is 7. The van der Waals surface area contributed by atoms with Crippen LogP contribution < -0.4 is 0 Å². The summed E-state index contributed by atoms with van der Waals surface area (Å²) in [5, 5.41) is 11.0. The Morgan fingerprint density at radius 1 is 1.12 bits per heavy atom. The molecule has 1 saturated carbocycles. The highest BCUT2D eigenvalue weighted by atomic mass is 16.4. The van der Waals surface area contributed by atoms with Crippen molar-refractivity contribution in [1.29, 1.82) is 0 Å². The van der Waals surface area contributed by atoms with Crippen molar-refractivity contribution in [2.75, 3.05) is 0 Å². The second kappa shape index (κ2) is 8.27. The number of hydrogen-bond acceptors (Lipinski definition) is 2. The molecule has 1 N–H and O–H groups in total. The number of aromatic nitrogens is 2. The second-order valence-electron chi connectivity index (χ2n) is 9.33. The molecule has 1 aliphatic carbocycles. The summed E-state index contributed by atoms with van der Waals surface area (Å²) in [6.45, 7) is 5.41. The van der Waals surface area contributed by atoms with Crippen molar-refractivity contribution in [2.45, 2.75) is 45.6 Å². The fourth-order valence-corrected chi connectivity index (χ4v) is 4.57. The molecule has 0 spiro atoms. The molecular formula is C28H28N2O2. The number of carboxylic acid groups (broad SMARTS) is 1. The molecule has 2 aromatic heterocycles.